The molecule has 2 rings (SSSR count). The van der Waals surface area contributed by atoms with Crippen molar-refractivity contribution in [2.75, 3.05) is 0 Å². The van der Waals surface area contributed by atoms with Gasteiger partial charge in [0.15, 0.2) is 5.75 Å². The molecule has 0 spiro atoms. The molecule has 0 unspecified atom stereocenters. The van der Waals surface area contributed by atoms with Gasteiger partial charge < -0.3 is 4.74 Å². The van der Waals surface area contributed by atoms with Gasteiger partial charge in [0.05, 0.1) is 16.6 Å². The molecule has 0 amide bonds. The topological polar surface area (TPSA) is 76.2 Å². The number of nitro benzene ring substituents is 1. The van der Waals surface area contributed by atoms with Crippen LogP contribution < -0.4 is 4.74 Å². The number of hydrogen-bond donors (Lipinski definition) is 0. The second-order valence-electron chi connectivity index (χ2n) is 4.29. The van der Waals surface area contributed by atoms with E-state index < -0.39 is 4.92 Å². The fourth-order valence-corrected chi connectivity index (χ4v) is 2.15. The molecular formula is C15H11BrN2O3. The van der Waals surface area contributed by atoms with Crippen molar-refractivity contribution in [1.82, 2.24) is 0 Å². The van der Waals surface area contributed by atoms with Crippen LogP contribution in [0, 0.1) is 21.4 Å². The fraction of sp³-hybridized carbons (Fsp3) is 0.133. The summed E-state index contributed by atoms with van der Waals surface area (Å²) in [4.78, 5) is 10.6. The Hall–Kier alpha value is -2.39. The maximum atomic E-state index is 11.1. The van der Waals surface area contributed by atoms with Crippen LogP contribution in [-0.2, 0) is 11.9 Å². The van der Waals surface area contributed by atoms with Crippen LogP contribution in [0.1, 0.15) is 16.7 Å². The first-order valence-electron chi connectivity index (χ1n) is 6.09. The van der Waals surface area contributed by atoms with Gasteiger partial charge in [-0.2, -0.15) is 5.26 Å². The number of alkyl halides is 1. The Morgan fingerprint density at radius 3 is 2.71 bits per heavy atom. The summed E-state index contributed by atoms with van der Waals surface area (Å²) in [6.45, 7) is 0.171. The smallest absolute Gasteiger partial charge is 0.311 e. The van der Waals surface area contributed by atoms with Crippen molar-refractivity contribution >= 4 is 21.6 Å². The van der Waals surface area contributed by atoms with Crippen LogP contribution in [-0.4, -0.2) is 4.92 Å². The van der Waals surface area contributed by atoms with E-state index in [1.165, 1.54) is 6.07 Å². The van der Waals surface area contributed by atoms with Gasteiger partial charge in [-0.15, -0.1) is 0 Å². The largest absolute Gasteiger partial charge is 0.482 e. The summed E-state index contributed by atoms with van der Waals surface area (Å²) >= 11 is 3.26. The number of rotatable bonds is 5. The third kappa shape index (κ3) is 3.80. The predicted octanol–water partition coefficient (Wildman–Crippen LogP) is 3.94. The molecule has 2 aromatic rings. The molecular weight excluding hydrogens is 336 g/mol. The van der Waals surface area contributed by atoms with E-state index in [4.69, 9.17) is 10.00 Å². The second kappa shape index (κ2) is 6.86. The molecule has 2 aromatic carbocycles. The molecule has 5 nitrogen and oxygen atoms in total. The van der Waals surface area contributed by atoms with Crippen LogP contribution in [0.3, 0.4) is 0 Å². The molecule has 0 saturated carbocycles. The molecule has 0 aliphatic carbocycles. The maximum absolute atomic E-state index is 11.1. The standard InChI is InChI=1S/C15H11BrN2O3/c16-8-11-4-5-15(14(7-11)18(19)20)21-10-13-3-1-2-12(6-13)9-17/h1-7H,8,10H2. The highest BCUT2D eigenvalue weighted by molar-refractivity contribution is 9.08. The molecule has 6 heteroatoms. The predicted molar refractivity (Wildman–Crippen MR) is 81.2 cm³/mol. The van der Waals surface area contributed by atoms with E-state index in [0.29, 0.717) is 10.9 Å². The van der Waals surface area contributed by atoms with Crippen molar-refractivity contribution in [2.45, 2.75) is 11.9 Å². The summed E-state index contributed by atoms with van der Waals surface area (Å²) in [5, 5.41) is 20.4. The first-order valence-corrected chi connectivity index (χ1v) is 7.21. The summed E-state index contributed by atoms with van der Waals surface area (Å²) in [5.74, 6) is 0.215. The third-order valence-electron chi connectivity index (χ3n) is 2.82. The highest BCUT2D eigenvalue weighted by Crippen LogP contribution is 2.29. The molecule has 0 aliphatic rings. The molecule has 21 heavy (non-hydrogen) atoms. The Kier molecular flexibility index (Phi) is 4.90. The third-order valence-corrected chi connectivity index (χ3v) is 3.47. The first kappa shape index (κ1) is 15.0. The zero-order valence-corrected chi connectivity index (χ0v) is 12.5. The lowest BCUT2D eigenvalue weighted by atomic mass is 10.1. The molecule has 0 aromatic heterocycles. The average Bonchev–Trinajstić information content (AvgIpc) is 2.52. The molecule has 0 heterocycles. The van der Waals surface area contributed by atoms with Gasteiger partial charge in [0.1, 0.15) is 6.61 Å². The van der Waals surface area contributed by atoms with Crippen molar-refractivity contribution in [3.8, 4) is 11.8 Å². The van der Waals surface area contributed by atoms with Crippen LogP contribution in [0.25, 0.3) is 0 Å². The molecule has 0 N–H and O–H groups in total. The average molecular weight is 347 g/mol. The van der Waals surface area contributed by atoms with Gasteiger partial charge in [0, 0.05) is 11.4 Å². The molecule has 0 saturated heterocycles. The van der Waals surface area contributed by atoms with Crippen molar-refractivity contribution in [3.63, 3.8) is 0 Å². The van der Waals surface area contributed by atoms with Gasteiger partial charge in [0.25, 0.3) is 0 Å². The molecule has 106 valence electrons. The number of hydrogen-bond acceptors (Lipinski definition) is 4. The highest BCUT2D eigenvalue weighted by Gasteiger charge is 2.15. The summed E-state index contributed by atoms with van der Waals surface area (Å²) < 4.78 is 5.52. The van der Waals surface area contributed by atoms with E-state index >= 15 is 0 Å². The monoisotopic (exact) mass is 346 g/mol. The normalized spacial score (nSPS) is 9.90. The minimum Gasteiger partial charge on any atom is -0.482 e. The Balaban J connectivity index is 2.19. The van der Waals surface area contributed by atoms with E-state index in [1.54, 1.807) is 36.4 Å². The van der Waals surface area contributed by atoms with Crippen molar-refractivity contribution in [3.05, 3.63) is 69.3 Å². The minimum absolute atomic E-state index is 0.0663. The van der Waals surface area contributed by atoms with E-state index in [-0.39, 0.29) is 18.0 Å². The van der Waals surface area contributed by atoms with Crippen LogP contribution in [0.4, 0.5) is 5.69 Å². The van der Waals surface area contributed by atoms with Gasteiger partial charge in [0.2, 0.25) is 0 Å². The maximum Gasteiger partial charge on any atom is 0.311 e. The number of halogens is 1. The van der Waals surface area contributed by atoms with Gasteiger partial charge in [-0.1, -0.05) is 34.1 Å². The van der Waals surface area contributed by atoms with Gasteiger partial charge >= 0.3 is 5.69 Å². The molecule has 0 radical (unpaired) electrons. The summed E-state index contributed by atoms with van der Waals surface area (Å²) in [6, 6.07) is 13.8. The molecule has 0 aliphatic heterocycles. The van der Waals surface area contributed by atoms with Crippen LogP contribution >= 0.6 is 15.9 Å². The number of nitriles is 1. The lowest BCUT2D eigenvalue weighted by Crippen LogP contribution is -2.00. The zero-order chi connectivity index (χ0) is 15.2. The Labute approximate surface area is 130 Å². The summed E-state index contributed by atoms with van der Waals surface area (Å²) in [6.07, 6.45) is 0. The lowest BCUT2D eigenvalue weighted by molar-refractivity contribution is -0.386. The van der Waals surface area contributed by atoms with E-state index in [0.717, 1.165) is 11.1 Å². The number of nitro groups is 1. The Morgan fingerprint density at radius 1 is 1.24 bits per heavy atom. The van der Waals surface area contributed by atoms with E-state index in [2.05, 4.69) is 15.9 Å². The fourth-order valence-electron chi connectivity index (χ4n) is 1.80. The van der Waals surface area contributed by atoms with Crippen molar-refractivity contribution in [2.24, 2.45) is 0 Å². The van der Waals surface area contributed by atoms with Crippen LogP contribution in [0.5, 0.6) is 5.75 Å². The summed E-state index contributed by atoms with van der Waals surface area (Å²) in [5.41, 5.74) is 2.05. The number of ether oxygens (including phenoxy) is 1. The highest BCUT2D eigenvalue weighted by atomic mass is 79.9. The first-order chi connectivity index (χ1) is 10.1. The number of nitrogens with zero attached hydrogens (tertiary/aromatic N) is 2. The van der Waals surface area contributed by atoms with E-state index in [9.17, 15) is 10.1 Å². The van der Waals surface area contributed by atoms with Crippen molar-refractivity contribution in [1.29, 1.82) is 5.26 Å². The van der Waals surface area contributed by atoms with Gasteiger partial charge in [-0.25, -0.2) is 0 Å². The second-order valence-corrected chi connectivity index (χ2v) is 4.85. The SMILES string of the molecule is N#Cc1cccc(COc2ccc(CBr)cc2[N+](=O)[O-])c1. The van der Waals surface area contributed by atoms with Gasteiger partial charge in [-0.3, -0.25) is 10.1 Å². The Morgan fingerprint density at radius 2 is 2.05 bits per heavy atom. The van der Waals surface area contributed by atoms with Crippen LogP contribution in [0.2, 0.25) is 0 Å². The Bertz CT molecular complexity index is 710. The van der Waals surface area contributed by atoms with Crippen molar-refractivity contribution < 1.29 is 9.66 Å². The van der Waals surface area contributed by atoms with E-state index in [1.807, 2.05) is 6.07 Å². The molecule has 0 fully saturated rings. The molecule has 0 atom stereocenters. The van der Waals surface area contributed by atoms with Crippen LogP contribution in [0.15, 0.2) is 42.5 Å². The minimum atomic E-state index is -0.465. The molecule has 0 bridgehead atoms. The summed E-state index contributed by atoms with van der Waals surface area (Å²) in [7, 11) is 0. The zero-order valence-electron chi connectivity index (χ0n) is 11.0. The number of benzene rings is 2. The lowest BCUT2D eigenvalue weighted by Gasteiger charge is -2.08. The quantitative estimate of drug-likeness (QED) is 0.466. The van der Waals surface area contributed by atoms with Gasteiger partial charge in [-0.05, 0) is 29.3 Å².